The van der Waals surface area contributed by atoms with Crippen molar-refractivity contribution in [2.24, 2.45) is 5.41 Å². The van der Waals surface area contributed by atoms with Gasteiger partial charge in [-0.1, -0.05) is 6.07 Å². The smallest absolute Gasteiger partial charge is 0.152 e. The summed E-state index contributed by atoms with van der Waals surface area (Å²) >= 11 is 0. The van der Waals surface area contributed by atoms with E-state index >= 15 is 0 Å². The average Bonchev–Trinajstić information content (AvgIpc) is 3.01. The van der Waals surface area contributed by atoms with E-state index in [0.29, 0.717) is 12.2 Å². The molecule has 1 saturated heterocycles. The van der Waals surface area contributed by atoms with Gasteiger partial charge in [-0.15, -0.1) is 0 Å². The molecule has 0 spiro atoms. The largest absolute Gasteiger partial charge is 0.493 e. The second-order valence-electron chi connectivity index (χ2n) is 5.48. The van der Waals surface area contributed by atoms with Crippen LogP contribution >= 0.6 is 0 Å². The maximum atomic E-state index is 11.6. The van der Waals surface area contributed by atoms with Crippen LogP contribution in [0.3, 0.4) is 0 Å². The molecule has 1 aromatic rings. The third-order valence-electron chi connectivity index (χ3n) is 4.11. The van der Waals surface area contributed by atoms with Crippen LogP contribution in [0.2, 0.25) is 0 Å². The van der Waals surface area contributed by atoms with E-state index in [9.17, 15) is 18.8 Å². The lowest BCUT2D eigenvalue weighted by Gasteiger charge is -2.26. The quantitative estimate of drug-likeness (QED) is 0.878. The summed E-state index contributed by atoms with van der Waals surface area (Å²) in [7, 11) is -3.24. The lowest BCUT2D eigenvalue weighted by Crippen LogP contribution is -2.28. The summed E-state index contributed by atoms with van der Waals surface area (Å²) in [6.45, 7) is 0.618. The summed E-state index contributed by atoms with van der Waals surface area (Å²) in [5.74, 6) is 0.489. The van der Waals surface area contributed by atoms with Crippen molar-refractivity contribution in [1.82, 2.24) is 0 Å². The summed E-state index contributed by atoms with van der Waals surface area (Å²) in [4.78, 5) is 0. The molecule has 0 bridgehead atoms. The van der Waals surface area contributed by atoms with Crippen LogP contribution in [0.1, 0.15) is 23.7 Å². The minimum Gasteiger partial charge on any atom is -0.493 e. The first kappa shape index (κ1) is 13.4. The number of rotatable bonds is 2. The predicted octanol–water partition coefficient (Wildman–Crippen LogP) is 0.983. The maximum absolute atomic E-state index is 11.6. The van der Waals surface area contributed by atoms with E-state index in [1.54, 1.807) is 12.1 Å². The highest BCUT2D eigenvalue weighted by Crippen LogP contribution is 2.43. The fourth-order valence-electron chi connectivity index (χ4n) is 2.93. The van der Waals surface area contributed by atoms with Crippen molar-refractivity contribution in [3.8, 4) is 11.8 Å². The van der Waals surface area contributed by atoms with Crippen molar-refractivity contribution in [1.29, 1.82) is 5.26 Å². The number of fused-ring (bicyclic) bond motifs is 1. The van der Waals surface area contributed by atoms with Crippen molar-refractivity contribution in [2.45, 2.75) is 18.9 Å². The molecular formula is C14H15NO4S. The third kappa shape index (κ3) is 2.07. The van der Waals surface area contributed by atoms with Crippen LogP contribution in [0.25, 0.3) is 0 Å². The molecule has 2 aliphatic heterocycles. The first-order valence-corrected chi connectivity index (χ1v) is 8.33. The van der Waals surface area contributed by atoms with Crippen LogP contribution in [0.15, 0.2) is 18.2 Å². The van der Waals surface area contributed by atoms with E-state index in [4.69, 9.17) is 4.74 Å². The van der Waals surface area contributed by atoms with Gasteiger partial charge in [-0.2, -0.15) is 5.26 Å². The number of benzene rings is 1. The van der Waals surface area contributed by atoms with Crippen molar-refractivity contribution >= 4 is 9.84 Å². The van der Waals surface area contributed by atoms with Crippen LogP contribution in [0.4, 0.5) is 0 Å². The zero-order chi connectivity index (χ0) is 14.4. The molecule has 6 heteroatoms. The van der Waals surface area contributed by atoms with Gasteiger partial charge in [0.25, 0.3) is 0 Å². The molecule has 0 radical (unpaired) electrons. The lowest BCUT2D eigenvalue weighted by molar-refractivity contribution is 0.0793. The summed E-state index contributed by atoms with van der Waals surface area (Å²) in [6, 6.07) is 7.34. The predicted molar refractivity (Wildman–Crippen MR) is 71.9 cm³/mol. The molecule has 0 aliphatic carbocycles. The molecule has 1 aromatic carbocycles. The molecule has 106 valence electrons. The van der Waals surface area contributed by atoms with Gasteiger partial charge in [0, 0.05) is 6.42 Å². The third-order valence-corrected chi connectivity index (χ3v) is 5.89. The number of aliphatic hydroxyl groups excluding tert-OH is 1. The summed E-state index contributed by atoms with van der Waals surface area (Å²) < 4.78 is 28.7. The molecule has 2 unspecified atom stereocenters. The van der Waals surface area contributed by atoms with Gasteiger partial charge in [0.05, 0.1) is 30.3 Å². The molecule has 0 amide bonds. The molecule has 2 aliphatic rings. The molecular weight excluding hydrogens is 278 g/mol. The monoisotopic (exact) mass is 293 g/mol. The Balaban J connectivity index is 1.96. The highest BCUT2D eigenvalue weighted by Gasteiger charge is 2.48. The van der Waals surface area contributed by atoms with Crippen molar-refractivity contribution in [3.63, 3.8) is 0 Å². The number of hydrogen-bond acceptors (Lipinski definition) is 5. The molecule has 0 aromatic heterocycles. The number of nitriles is 1. The molecule has 2 atom stereocenters. The first-order valence-electron chi connectivity index (χ1n) is 6.51. The minimum absolute atomic E-state index is 0.0360. The Morgan fingerprint density at radius 1 is 1.45 bits per heavy atom. The van der Waals surface area contributed by atoms with E-state index in [1.807, 2.05) is 12.1 Å². The Labute approximate surface area is 117 Å². The van der Waals surface area contributed by atoms with Crippen molar-refractivity contribution < 1.29 is 18.3 Å². The molecule has 5 nitrogen and oxygen atoms in total. The Morgan fingerprint density at radius 3 is 2.90 bits per heavy atom. The van der Waals surface area contributed by atoms with Gasteiger partial charge < -0.3 is 9.84 Å². The molecule has 0 saturated carbocycles. The van der Waals surface area contributed by atoms with Crippen LogP contribution in [-0.4, -0.2) is 31.6 Å². The number of ether oxygens (including phenoxy) is 1. The number of nitrogens with zero attached hydrogens (tertiary/aromatic N) is 1. The van der Waals surface area contributed by atoms with Gasteiger partial charge in [-0.05, 0) is 29.7 Å². The maximum Gasteiger partial charge on any atom is 0.152 e. The van der Waals surface area contributed by atoms with Gasteiger partial charge in [0.2, 0.25) is 0 Å². The number of sulfone groups is 1. The topological polar surface area (TPSA) is 87.4 Å². The normalized spacial score (nSPS) is 28.4. The van der Waals surface area contributed by atoms with E-state index in [0.717, 1.165) is 17.7 Å². The first-order chi connectivity index (χ1) is 9.46. The summed E-state index contributed by atoms with van der Waals surface area (Å²) in [6.07, 6.45) is -0.135. The summed E-state index contributed by atoms with van der Waals surface area (Å²) in [5.41, 5.74) is 0.357. The van der Waals surface area contributed by atoms with Gasteiger partial charge >= 0.3 is 0 Å². The molecule has 1 N–H and O–H groups in total. The van der Waals surface area contributed by atoms with Crippen LogP contribution in [0.5, 0.6) is 5.75 Å². The molecule has 20 heavy (non-hydrogen) atoms. The van der Waals surface area contributed by atoms with E-state index < -0.39 is 21.4 Å². The van der Waals surface area contributed by atoms with Crippen LogP contribution in [0, 0.1) is 16.7 Å². The highest BCUT2D eigenvalue weighted by molar-refractivity contribution is 7.91. The van der Waals surface area contributed by atoms with Crippen LogP contribution < -0.4 is 4.74 Å². The highest BCUT2D eigenvalue weighted by atomic mass is 32.2. The second-order valence-corrected chi connectivity index (χ2v) is 7.66. The molecule has 3 rings (SSSR count). The summed E-state index contributed by atoms with van der Waals surface area (Å²) in [5, 5.41) is 19.9. The standard InChI is InChI=1S/C14H15NO4S/c15-8-14(4-6-20(17,18)9-14)13(16)11-1-2-12-10(7-11)3-5-19-12/h1-2,7,13,16H,3-6,9H2. The SMILES string of the molecule is N#CC1(C(O)c2ccc3c(c2)CCO3)CCS(=O)(=O)C1. The van der Waals surface area contributed by atoms with Crippen molar-refractivity contribution in [2.75, 3.05) is 18.1 Å². The van der Waals surface area contributed by atoms with Crippen LogP contribution in [-0.2, 0) is 16.3 Å². The Bertz CT molecular complexity index is 692. The van der Waals surface area contributed by atoms with E-state index in [-0.39, 0.29) is 17.9 Å². The zero-order valence-corrected chi connectivity index (χ0v) is 11.7. The number of hydrogen-bond donors (Lipinski definition) is 1. The average molecular weight is 293 g/mol. The Kier molecular flexibility index (Phi) is 3.00. The fraction of sp³-hybridized carbons (Fsp3) is 0.500. The number of aliphatic hydroxyl groups is 1. The van der Waals surface area contributed by atoms with Crippen molar-refractivity contribution in [3.05, 3.63) is 29.3 Å². The lowest BCUT2D eigenvalue weighted by atomic mass is 9.79. The van der Waals surface area contributed by atoms with Gasteiger partial charge in [0.15, 0.2) is 9.84 Å². The van der Waals surface area contributed by atoms with Gasteiger partial charge in [-0.25, -0.2) is 8.42 Å². The van der Waals surface area contributed by atoms with Gasteiger partial charge in [0.1, 0.15) is 11.2 Å². The zero-order valence-electron chi connectivity index (χ0n) is 10.9. The van der Waals surface area contributed by atoms with E-state index in [1.165, 1.54) is 0 Å². The van der Waals surface area contributed by atoms with E-state index in [2.05, 4.69) is 0 Å². The second kappa shape index (κ2) is 4.47. The molecule has 1 fully saturated rings. The Hall–Kier alpha value is -1.58. The minimum atomic E-state index is -3.24. The molecule has 2 heterocycles. The van der Waals surface area contributed by atoms with Gasteiger partial charge in [-0.3, -0.25) is 0 Å². The Morgan fingerprint density at radius 2 is 2.25 bits per heavy atom. The fourth-order valence-corrected chi connectivity index (χ4v) is 4.91.